The van der Waals surface area contributed by atoms with E-state index in [1.165, 1.54) is 36.8 Å². The smallest absolute Gasteiger partial charge is 0.0705 e. The van der Waals surface area contributed by atoms with Crippen molar-refractivity contribution in [1.82, 2.24) is 10.3 Å². The van der Waals surface area contributed by atoms with Gasteiger partial charge in [0.05, 0.1) is 5.52 Å². The number of hydrogen-bond donors (Lipinski definition) is 1. The third kappa shape index (κ3) is 3.44. The van der Waals surface area contributed by atoms with Crippen LogP contribution in [0.4, 0.5) is 0 Å². The fourth-order valence-electron chi connectivity index (χ4n) is 3.65. The first-order valence-electron chi connectivity index (χ1n) is 8.27. The van der Waals surface area contributed by atoms with E-state index in [9.17, 15) is 0 Å². The summed E-state index contributed by atoms with van der Waals surface area (Å²) in [4.78, 5) is 4.85. The van der Waals surface area contributed by atoms with E-state index in [4.69, 9.17) is 4.98 Å². The number of para-hydroxylation sites is 1. The van der Waals surface area contributed by atoms with Crippen LogP contribution < -0.4 is 5.32 Å². The predicted octanol–water partition coefficient (Wildman–Crippen LogP) is 4.34. The minimum Gasteiger partial charge on any atom is -0.314 e. The molecule has 3 rings (SSSR count). The Morgan fingerprint density at radius 1 is 1.24 bits per heavy atom. The van der Waals surface area contributed by atoms with Gasteiger partial charge in [0.15, 0.2) is 0 Å². The average molecular weight is 282 g/mol. The highest BCUT2D eigenvalue weighted by atomic mass is 14.9. The minimum atomic E-state index is 0.404. The van der Waals surface area contributed by atoms with Gasteiger partial charge in [0.25, 0.3) is 0 Å². The SMILES string of the molecule is CCCNC1CCC(C)(Cc2ccc3ccccc3n2)C1. The molecule has 1 aromatic carbocycles. The van der Waals surface area contributed by atoms with Crippen molar-refractivity contribution in [2.75, 3.05) is 6.54 Å². The summed E-state index contributed by atoms with van der Waals surface area (Å²) >= 11 is 0. The molecule has 2 aromatic rings. The topological polar surface area (TPSA) is 24.9 Å². The Hall–Kier alpha value is -1.41. The molecule has 1 aliphatic rings. The van der Waals surface area contributed by atoms with Crippen molar-refractivity contribution >= 4 is 10.9 Å². The number of hydrogen-bond acceptors (Lipinski definition) is 2. The van der Waals surface area contributed by atoms with Crippen LogP contribution in [0.3, 0.4) is 0 Å². The number of benzene rings is 1. The zero-order chi connectivity index (χ0) is 14.7. The van der Waals surface area contributed by atoms with Crippen molar-refractivity contribution in [2.24, 2.45) is 5.41 Å². The molecule has 0 aliphatic heterocycles. The first-order valence-corrected chi connectivity index (χ1v) is 8.27. The van der Waals surface area contributed by atoms with Crippen molar-refractivity contribution in [3.63, 3.8) is 0 Å². The van der Waals surface area contributed by atoms with Crippen LogP contribution in [0.2, 0.25) is 0 Å². The maximum Gasteiger partial charge on any atom is 0.0705 e. The molecule has 1 aromatic heterocycles. The predicted molar refractivity (Wildman–Crippen MR) is 89.5 cm³/mol. The van der Waals surface area contributed by atoms with E-state index in [0.29, 0.717) is 11.5 Å². The summed E-state index contributed by atoms with van der Waals surface area (Å²) in [6, 6.07) is 13.5. The van der Waals surface area contributed by atoms with Gasteiger partial charge in [0.1, 0.15) is 0 Å². The molecule has 2 heteroatoms. The van der Waals surface area contributed by atoms with Gasteiger partial charge in [-0.05, 0) is 56.2 Å². The van der Waals surface area contributed by atoms with E-state index >= 15 is 0 Å². The van der Waals surface area contributed by atoms with Gasteiger partial charge in [0, 0.05) is 17.1 Å². The summed E-state index contributed by atoms with van der Waals surface area (Å²) in [5.74, 6) is 0. The highest BCUT2D eigenvalue weighted by molar-refractivity contribution is 5.78. The summed E-state index contributed by atoms with van der Waals surface area (Å²) in [5.41, 5.74) is 2.77. The summed E-state index contributed by atoms with van der Waals surface area (Å²) in [7, 11) is 0. The molecule has 2 unspecified atom stereocenters. The summed E-state index contributed by atoms with van der Waals surface area (Å²) in [6.45, 7) is 5.81. The summed E-state index contributed by atoms with van der Waals surface area (Å²) in [6.07, 6.45) is 6.22. The van der Waals surface area contributed by atoms with Crippen LogP contribution in [0, 0.1) is 5.41 Å². The summed E-state index contributed by atoms with van der Waals surface area (Å²) < 4.78 is 0. The lowest BCUT2D eigenvalue weighted by Gasteiger charge is -2.24. The van der Waals surface area contributed by atoms with Crippen LogP contribution in [0.5, 0.6) is 0 Å². The Labute approximate surface area is 128 Å². The van der Waals surface area contributed by atoms with Crippen LogP contribution in [0.25, 0.3) is 10.9 Å². The Morgan fingerprint density at radius 2 is 2.10 bits per heavy atom. The molecule has 1 saturated carbocycles. The standard InChI is InChI=1S/C19H26N2/c1-3-12-20-16-10-11-19(2,13-16)14-17-9-8-15-6-4-5-7-18(15)21-17/h4-9,16,20H,3,10-14H2,1-2H3. The number of pyridine rings is 1. The van der Waals surface area contributed by atoms with Gasteiger partial charge in [-0.3, -0.25) is 4.98 Å². The zero-order valence-corrected chi connectivity index (χ0v) is 13.2. The molecule has 21 heavy (non-hydrogen) atoms. The molecule has 0 saturated heterocycles. The third-order valence-electron chi connectivity index (χ3n) is 4.78. The molecule has 1 heterocycles. The van der Waals surface area contributed by atoms with Crippen LogP contribution in [0.15, 0.2) is 36.4 Å². The van der Waals surface area contributed by atoms with Crippen molar-refractivity contribution < 1.29 is 0 Å². The Bertz CT molecular complexity index is 607. The molecule has 0 spiro atoms. The second kappa shape index (κ2) is 6.15. The van der Waals surface area contributed by atoms with Gasteiger partial charge in [-0.1, -0.05) is 38.1 Å². The van der Waals surface area contributed by atoms with Gasteiger partial charge < -0.3 is 5.32 Å². The van der Waals surface area contributed by atoms with Gasteiger partial charge >= 0.3 is 0 Å². The van der Waals surface area contributed by atoms with Crippen LogP contribution in [-0.4, -0.2) is 17.6 Å². The Morgan fingerprint density at radius 3 is 2.95 bits per heavy atom. The largest absolute Gasteiger partial charge is 0.314 e. The first kappa shape index (κ1) is 14.5. The van der Waals surface area contributed by atoms with Crippen LogP contribution >= 0.6 is 0 Å². The van der Waals surface area contributed by atoms with Crippen molar-refractivity contribution in [3.8, 4) is 0 Å². The van der Waals surface area contributed by atoms with Gasteiger partial charge in [0.2, 0.25) is 0 Å². The fraction of sp³-hybridized carbons (Fsp3) is 0.526. The highest BCUT2D eigenvalue weighted by Crippen LogP contribution is 2.40. The molecule has 0 amide bonds. The van der Waals surface area contributed by atoms with Gasteiger partial charge in [-0.2, -0.15) is 0 Å². The Kier molecular flexibility index (Phi) is 4.25. The highest BCUT2D eigenvalue weighted by Gasteiger charge is 2.35. The number of fused-ring (bicyclic) bond motifs is 1. The van der Waals surface area contributed by atoms with Crippen LogP contribution in [0.1, 0.15) is 45.2 Å². The van der Waals surface area contributed by atoms with Crippen LogP contribution in [-0.2, 0) is 6.42 Å². The number of rotatable bonds is 5. The van der Waals surface area contributed by atoms with E-state index in [0.717, 1.165) is 18.5 Å². The molecule has 1 N–H and O–H groups in total. The number of aromatic nitrogens is 1. The molecule has 2 nitrogen and oxygen atoms in total. The monoisotopic (exact) mass is 282 g/mol. The quantitative estimate of drug-likeness (QED) is 0.882. The minimum absolute atomic E-state index is 0.404. The lowest BCUT2D eigenvalue weighted by Crippen LogP contribution is -2.29. The summed E-state index contributed by atoms with van der Waals surface area (Å²) in [5, 5.41) is 4.92. The maximum absolute atomic E-state index is 4.85. The third-order valence-corrected chi connectivity index (χ3v) is 4.78. The van der Waals surface area contributed by atoms with E-state index in [1.807, 2.05) is 0 Å². The zero-order valence-electron chi connectivity index (χ0n) is 13.2. The van der Waals surface area contributed by atoms with E-state index in [-0.39, 0.29) is 0 Å². The lowest BCUT2D eigenvalue weighted by atomic mass is 9.83. The molecule has 1 fully saturated rings. The van der Waals surface area contributed by atoms with E-state index in [2.05, 4.69) is 55.6 Å². The maximum atomic E-state index is 4.85. The van der Waals surface area contributed by atoms with Gasteiger partial charge in [-0.15, -0.1) is 0 Å². The molecule has 1 aliphatic carbocycles. The normalized spacial score (nSPS) is 25.5. The van der Waals surface area contributed by atoms with E-state index in [1.54, 1.807) is 0 Å². The van der Waals surface area contributed by atoms with Gasteiger partial charge in [-0.25, -0.2) is 0 Å². The lowest BCUT2D eigenvalue weighted by molar-refractivity contribution is 0.319. The second-order valence-electron chi connectivity index (χ2n) is 6.88. The number of nitrogens with zero attached hydrogens (tertiary/aromatic N) is 1. The molecule has 2 atom stereocenters. The average Bonchev–Trinajstić information content (AvgIpc) is 2.86. The Balaban J connectivity index is 1.70. The van der Waals surface area contributed by atoms with Crippen molar-refractivity contribution in [1.29, 1.82) is 0 Å². The fourth-order valence-corrected chi connectivity index (χ4v) is 3.65. The number of nitrogens with one attached hydrogen (secondary N) is 1. The van der Waals surface area contributed by atoms with Crippen molar-refractivity contribution in [2.45, 2.75) is 52.0 Å². The molecular formula is C19H26N2. The van der Waals surface area contributed by atoms with E-state index < -0.39 is 0 Å². The first-order chi connectivity index (χ1) is 10.2. The van der Waals surface area contributed by atoms with Crippen molar-refractivity contribution in [3.05, 3.63) is 42.1 Å². The molecule has 112 valence electrons. The molecular weight excluding hydrogens is 256 g/mol. The second-order valence-corrected chi connectivity index (χ2v) is 6.88. The molecule has 0 bridgehead atoms. The molecule has 0 radical (unpaired) electrons.